The molecular formula is C19H21F3N2O5S. The molecule has 2 unspecified atom stereocenters. The summed E-state index contributed by atoms with van der Waals surface area (Å²) in [5.41, 5.74) is -0.238. The summed E-state index contributed by atoms with van der Waals surface area (Å²) in [6.07, 6.45) is -3.73. The molecule has 0 aliphatic carbocycles. The average molecular weight is 446 g/mol. The maximum Gasteiger partial charge on any atom is 0.425 e. The van der Waals surface area contributed by atoms with Crippen LogP contribution >= 0.6 is 0 Å². The molecule has 0 radical (unpaired) electrons. The quantitative estimate of drug-likeness (QED) is 0.700. The Labute approximate surface area is 171 Å². The van der Waals surface area contributed by atoms with E-state index < -0.39 is 28.0 Å². The number of sulfone groups is 1. The van der Waals surface area contributed by atoms with E-state index in [9.17, 15) is 26.4 Å². The summed E-state index contributed by atoms with van der Waals surface area (Å²) in [5.74, 6) is 0.0183. The van der Waals surface area contributed by atoms with Gasteiger partial charge >= 0.3 is 6.18 Å². The highest BCUT2D eigenvalue weighted by molar-refractivity contribution is 7.90. The highest BCUT2D eigenvalue weighted by Crippen LogP contribution is 2.32. The maximum atomic E-state index is 13.1. The van der Waals surface area contributed by atoms with Crippen LogP contribution in [0, 0.1) is 6.92 Å². The smallest absolute Gasteiger partial charge is 0.425 e. The molecule has 1 aliphatic rings. The van der Waals surface area contributed by atoms with Crippen molar-refractivity contribution in [2.75, 3.05) is 19.3 Å². The molecule has 2 heterocycles. The van der Waals surface area contributed by atoms with E-state index in [0.717, 1.165) is 31.4 Å². The van der Waals surface area contributed by atoms with Crippen LogP contribution in [0.3, 0.4) is 0 Å². The molecule has 3 rings (SSSR count). The molecule has 1 fully saturated rings. The summed E-state index contributed by atoms with van der Waals surface area (Å²) in [5, 5.41) is 0. The van der Waals surface area contributed by atoms with Crippen LogP contribution in [0.2, 0.25) is 0 Å². The molecule has 0 spiro atoms. The van der Waals surface area contributed by atoms with Crippen LogP contribution in [-0.4, -0.2) is 55.8 Å². The fourth-order valence-electron chi connectivity index (χ4n) is 3.14. The van der Waals surface area contributed by atoms with Crippen molar-refractivity contribution in [2.24, 2.45) is 0 Å². The Balaban J connectivity index is 1.90. The molecule has 1 saturated heterocycles. The Morgan fingerprint density at radius 3 is 2.63 bits per heavy atom. The molecule has 0 bridgehead atoms. The van der Waals surface area contributed by atoms with Crippen molar-refractivity contribution < 1.29 is 35.5 Å². The number of benzene rings is 1. The number of aromatic nitrogens is 1. The molecule has 30 heavy (non-hydrogen) atoms. The minimum absolute atomic E-state index is 0.154. The van der Waals surface area contributed by atoms with Crippen LogP contribution in [0.5, 0.6) is 5.75 Å². The minimum atomic E-state index is -4.64. The Bertz CT molecular complexity index is 1050. The van der Waals surface area contributed by atoms with Crippen LogP contribution < -0.4 is 4.74 Å². The third-order valence-corrected chi connectivity index (χ3v) is 5.95. The van der Waals surface area contributed by atoms with Crippen molar-refractivity contribution in [1.82, 2.24) is 9.88 Å². The predicted octanol–water partition coefficient (Wildman–Crippen LogP) is 3.35. The van der Waals surface area contributed by atoms with E-state index in [-0.39, 0.29) is 28.7 Å². The van der Waals surface area contributed by atoms with E-state index in [1.165, 1.54) is 4.90 Å². The number of aryl methyl sites for hydroxylation is 1. The zero-order valence-corrected chi connectivity index (χ0v) is 17.4. The second-order valence-electron chi connectivity index (χ2n) is 7.28. The zero-order chi connectivity index (χ0) is 22.3. The summed E-state index contributed by atoms with van der Waals surface area (Å²) < 4.78 is 73.1. The Kier molecular flexibility index (Phi) is 5.85. The lowest BCUT2D eigenvalue weighted by atomic mass is 10.1. The van der Waals surface area contributed by atoms with Crippen molar-refractivity contribution in [3.05, 3.63) is 41.6 Å². The van der Waals surface area contributed by atoms with Crippen molar-refractivity contribution in [2.45, 2.75) is 43.4 Å². The molecule has 1 aromatic carbocycles. The summed E-state index contributed by atoms with van der Waals surface area (Å²) in [4.78, 5) is 18.5. The van der Waals surface area contributed by atoms with Crippen LogP contribution in [0.1, 0.15) is 41.3 Å². The maximum absolute atomic E-state index is 13.1. The van der Waals surface area contributed by atoms with Gasteiger partial charge in [0.05, 0.1) is 22.6 Å². The molecule has 11 heteroatoms. The highest BCUT2D eigenvalue weighted by atomic mass is 32.2. The third kappa shape index (κ3) is 4.77. The summed E-state index contributed by atoms with van der Waals surface area (Å²) in [7, 11) is -3.68. The molecule has 1 amide bonds. The van der Waals surface area contributed by atoms with Gasteiger partial charge in [-0.25, -0.2) is 13.4 Å². The lowest BCUT2D eigenvalue weighted by Gasteiger charge is -2.22. The Morgan fingerprint density at radius 2 is 2.07 bits per heavy atom. The number of carbonyl (C=O) groups excluding carboxylic acids is 1. The fourth-order valence-corrected chi connectivity index (χ4v) is 3.79. The highest BCUT2D eigenvalue weighted by Gasteiger charge is 2.39. The van der Waals surface area contributed by atoms with E-state index in [4.69, 9.17) is 9.15 Å². The number of oxazole rings is 1. The van der Waals surface area contributed by atoms with Crippen molar-refractivity contribution in [1.29, 1.82) is 0 Å². The van der Waals surface area contributed by atoms with Crippen molar-refractivity contribution in [3.63, 3.8) is 0 Å². The van der Waals surface area contributed by atoms with Crippen LogP contribution in [-0.2, 0) is 9.84 Å². The van der Waals surface area contributed by atoms with E-state index in [0.29, 0.717) is 24.6 Å². The first-order valence-electron chi connectivity index (χ1n) is 9.15. The van der Waals surface area contributed by atoms with Gasteiger partial charge in [0.2, 0.25) is 0 Å². The zero-order valence-electron chi connectivity index (χ0n) is 16.6. The van der Waals surface area contributed by atoms with E-state index in [1.54, 1.807) is 13.1 Å². The molecule has 1 aliphatic heterocycles. The number of hydrogen-bond donors (Lipinski definition) is 0. The second kappa shape index (κ2) is 7.93. The fraction of sp³-hybridized carbons (Fsp3) is 0.474. The largest absolute Gasteiger partial charge is 0.480 e. The molecular weight excluding hydrogens is 425 g/mol. The van der Waals surface area contributed by atoms with Crippen LogP contribution in [0.15, 0.2) is 33.7 Å². The number of hydrogen-bond acceptors (Lipinski definition) is 6. The first-order valence-corrected chi connectivity index (χ1v) is 11.0. The van der Waals surface area contributed by atoms with Crippen molar-refractivity contribution in [3.8, 4) is 5.75 Å². The van der Waals surface area contributed by atoms with Gasteiger partial charge in [-0.1, -0.05) is 0 Å². The Hall–Kier alpha value is -2.56. The molecule has 1 aromatic heterocycles. The Morgan fingerprint density at radius 1 is 1.37 bits per heavy atom. The molecule has 2 aromatic rings. The van der Waals surface area contributed by atoms with Crippen LogP contribution in [0.25, 0.3) is 0 Å². The van der Waals surface area contributed by atoms with Gasteiger partial charge in [0.1, 0.15) is 11.5 Å². The number of alkyl halides is 3. The SMILES string of the molecule is Cc1cnc(C2CCN(C(=O)c3cc(S(C)(=O)=O)ccc3OC(C)C(F)(F)F)C2)o1. The normalized spacial score (nSPS) is 18.5. The first-order chi connectivity index (χ1) is 13.9. The van der Waals surface area contributed by atoms with Gasteiger partial charge in [0, 0.05) is 19.3 Å². The van der Waals surface area contributed by atoms with E-state index in [1.807, 2.05) is 0 Å². The number of amides is 1. The number of ether oxygens (including phenoxy) is 1. The van der Waals surface area contributed by atoms with Gasteiger partial charge in [-0.15, -0.1) is 0 Å². The van der Waals surface area contributed by atoms with Gasteiger partial charge < -0.3 is 14.1 Å². The lowest BCUT2D eigenvalue weighted by Crippen LogP contribution is -2.33. The molecule has 7 nitrogen and oxygen atoms in total. The number of nitrogens with zero attached hydrogens (tertiary/aromatic N) is 2. The summed E-state index contributed by atoms with van der Waals surface area (Å²) >= 11 is 0. The van der Waals surface area contributed by atoms with Gasteiger partial charge in [-0.3, -0.25) is 4.79 Å². The lowest BCUT2D eigenvalue weighted by molar-refractivity contribution is -0.189. The predicted molar refractivity (Wildman–Crippen MR) is 100 cm³/mol. The number of likely N-dealkylation sites (tertiary alicyclic amines) is 1. The number of rotatable bonds is 5. The second-order valence-corrected chi connectivity index (χ2v) is 9.29. The van der Waals surface area contributed by atoms with E-state index >= 15 is 0 Å². The standard InChI is InChI=1S/C19H21F3N2O5S/c1-11-9-23-17(28-11)13-6-7-24(10-13)18(25)15-8-14(30(3,26)27)4-5-16(15)29-12(2)19(20,21)22/h4-5,8-9,12-13H,6-7,10H2,1-3H3. The van der Waals surface area contributed by atoms with Gasteiger partial charge in [0.25, 0.3) is 5.91 Å². The van der Waals surface area contributed by atoms with Gasteiger partial charge in [-0.2, -0.15) is 13.2 Å². The number of halogens is 3. The average Bonchev–Trinajstić information content (AvgIpc) is 3.28. The molecule has 164 valence electrons. The summed E-state index contributed by atoms with van der Waals surface area (Å²) in [6, 6.07) is 3.25. The van der Waals surface area contributed by atoms with Crippen molar-refractivity contribution >= 4 is 15.7 Å². The van der Waals surface area contributed by atoms with Gasteiger partial charge in [-0.05, 0) is 38.5 Å². The third-order valence-electron chi connectivity index (χ3n) is 4.84. The molecule has 2 atom stereocenters. The molecule has 0 saturated carbocycles. The summed E-state index contributed by atoms with van der Waals surface area (Å²) in [6.45, 7) is 3.13. The van der Waals surface area contributed by atoms with E-state index in [2.05, 4.69) is 4.98 Å². The first kappa shape index (κ1) is 22.1. The van der Waals surface area contributed by atoms with Gasteiger partial charge in [0.15, 0.2) is 21.8 Å². The minimum Gasteiger partial charge on any atom is -0.480 e. The van der Waals surface area contributed by atoms with Crippen LogP contribution in [0.4, 0.5) is 13.2 Å². The molecule has 0 N–H and O–H groups in total. The topological polar surface area (TPSA) is 89.7 Å². The number of carbonyl (C=O) groups is 1. The monoisotopic (exact) mass is 446 g/mol.